The van der Waals surface area contributed by atoms with Crippen LogP contribution in [0.15, 0.2) is 66.7 Å². The number of aromatic carboxylic acids is 1. The van der Waals surface area contributed by atoms with E-state index < -0.39 is 12.1 Å². The third-order valence-corrected chi connectivity index (χ3v) is 5.50. The Bertz CT molecular complexity index is 1130. The maximum Gasteiger partial charge on any atom is 0.411 e. The van der Waals surface area contributed by atoms with Crippen molar-refractivity contribution in [3.63, 3.8) is 0 Å². The molecule has 0 heterocycles. The Morgan fingerprint density at radius 3 is 2.26 bits per heavy atom. The third kappa shape index (κ3) is 5.19. The number of carboxylic acids is 1. The molecule has 0 spiro atoms. The molecule has 176 valence electrons. The lowest BCUT2D eigenvalue weighted by atomic mass is 9.98. The summed E-state index contributed by atoms with van der Waals surface area (Å²) in [5, 5.41) is 11.9. The van der Waals surface area contributed by atoms with Gasteiger partial charge in [0.1, 0.15) is 25.8 Å². The first-order chi connectivity index (χ1) is 16.6. The number of nitrogens with one attached hydrogen (secondary N) is 1. The molecule has 8 nitrogen and oxygen atoms in total. The zero-order valence-electron chi connectivity index (χ0n) is 18.7. The second kappa shape index (κ2) is 10.8. The number of methoxy groups -OCH3 is 1. The Hall–Kier alpha value is -3.88. The first kappa shape index (κ1) is 23.3. The Balaban J connectivity index is 1.43. The molecular weight excluding hydrogens is 438 g/mol. The third-order valence-electron chi connectivity index (χ3n) is 5.50. The molecule has 4 rings (SSSR count). The van der Waals surface area contributed by atoms with Crippen LogP contribution in [-0.4, -0.2) is 50.9 Å². The number of carbonyl (C=O) groups is 2. The van der Waals surface area contributed by atoms with Crippen molar-refractivity contribution in [2.75, 3.05) is 39.0 Å². The number of hydrogen-bond acceptors (Lipinski definition) is 6. The fraction of sp³-hybridized carbons (Fsp3) is 0.231. The molecule has 0 saturated carbocycles. The molecule has 0 aliphatic heterocycles. The predicted molar refractivity (Wildman–Crippen MR) is 125 cm³/mol. The molecule has 8 heteroatoms. The van der Waals surface area contributed by atoms with Crippen LogP contribution in [0.5, 0.6) is 5.75 Å². The van der Waals surface area contributed by atoms with Crippen molar-refractivity contribution >= 4 is 17.7 Å². The summed E-state index contributed by atoms with van der Waals surface area (Å²) in [4.78, 5) is 24.0. The van der Waals surface area contributed by atoms with Crippen LogP contribution in [0, 0.1) is 0 Å². The fourth-order valence-electron chi connectivity index (χ4n) is 3.98. The number of carbonyl (C=O) groups excluding carboxylic acids is 1. The summed E-state index contributed by atoms with van der Waals surface area (Å²) in [6.45, 7) is 0.652. The predicted octanol–water partition coefficient (Wildman–Crippen LogP) is 4.75. The lowest BCUT2D eigenvalue weighted by Crippen LogP contribution is -2.19. The van der Waals surface area contributed by atoms with Gasteiger partial charge in [-0.25, -0.2) is 9.59 Å². The van der Waals surface area contributed by atoms with Gasteiger partial charge in [0.05, 0.1) is 17.9 Å². The van der Waals surface area contributed by atoms with Crippen LogP contribution < -0.4 is 10.1 Å². The van der Waals surface area contributed by atoms with Gasteiger partial charge in [-0.15, -0.1) is 0 Å². The molecule has 0 fully saturated rings. The van der Waals surface area contributed by atoms with Gasteiger partial charge in [0.2, 0.25) is 0 Å². The summed E-state index contributed by atoms with van der Waals surface area (Å²) in [6.07, 6.45) is -0.662. The van der Waals surface area contributed by atoms with Gasteiger partial charge in [-0.2, -0.15) is 0 Å². The summed E-state index contributed by atoms with van der Waals surface area (Å²) in [6, 6.07) is 20.4. The maximum atomic E-state index is 12.6. The van der Waals surface area contributed by atoms with E-state index in [1.807, 2.05) is 36.4 Å². The average molecular weight is 463 g/mol. The van der Waals surface area contributed by atoms with E-state index in [1.54, 1.807) is 0 Å². The number of anilines is 1. The summed E-state index contributed by atoms with van der Waals surface area (Å²) in [5.41, 5.74) is 4.84. The number of hydrogen-bond donors (Lipinski definition) is 2. The minimum Gasteiger partial charge on any atom is -0.489 e. The Labute approximate surface area is 197 Å². The number of amides is 1. The lowest BCUT2D eigenvalue weighted by Gasteiger charge is -2.16. The smallest absolute Gasteiger partial charge is 0.411 e. The van der Waals surface area contributed by atoms with Crippen LogP contribution in [0.25, 0.3) is 11.1 Å². The number of benzene rings is 3. The highest BCUT2D eigenvalue weighted by Gasteiger charge is 2.29. The van der Waals surface area contributed by atoms with Crippen LogP contribution in [0.2, 0.25) is 0 Å². The maximum absolute atomic E-state index is 12.6. The molecule has 0 unspecified atom stereocenters. The van der Waals surface area contributed by atoms with Crippen LogP contribution >= 0.6 is 0 Å². The van der Waals surface area contributed by atoms with Crippen LogP contribution in [0.1, 0.15) is 27.4 Å². The van der Waals surface area contributed by atoms with E-state index in [2.05, 4.69) is 17.4 Å². The summed E-state index contributed by atoms with van der Waals surface area (Å²) in [7, 11) is 1.51. The van der Waals surface area contributed by atoms with Crippen LogP contribution in [0.4, 0.5) is 10.5 Å². The number of fused-ring (bicyclic) bond motifs is 3. The highest BCUT2D eigenvalue weighted by Crippen LogP contribution is 2.44. The van der Waals surface area contributed by atoms with Gasteiger partial charge >= 0.3 is 12.1 Å². The van der Waals surface area contributed by atoms with Gasteiger partial charge in [0, 0.05) is 13.0 Å². The second-order valence-corrected chi connectivity index (χ2v) is 7.63. The van der Waals surface area contributed by atoms with Gasteiger partial charge in [-0.1, -0.05) is 48.5 Å². The minimum absolute atomic E-state index is 0.0332. The molecule has 0 saturated heterocycles. The van der Waals surface area contributed by atoms with Gasteiger partial charge < -0.3 is 24.1 Å². The van der Waals surface area contributed by atoms with Crippen LogP contribution in [-0.2, 0) is 14.2 Å². The molecular formula is C26H25NO7. The standard InChI is InChI=1S/C26H25NO7/c1-31-16-32-12-13-33-24-14-17(25(28)29)10-11-23(24)27-26(30)34-15-22-20-8-4-2-6-18(20)19-7-3-5-9-21(19)22/h2-11,14,22H,12-13,15-16H2,1H3,(H,27,30)(H,28,29). The molecule has 2 N–H and O–H groups in total. The summed E-state index contributed by atoms with van der Waals surface area (Å²) in [5.74, 6) is -0.969. The highest BCUT2D eigenvalue weighted by molar-refractivity contribution is 5.92. The Kier molecular flexibility index (Phi) is 7.41. The van der Waals surface area contributed by atoms with Crippen LogP contribution in [0.3, 0.4) is 0 Å². The van der Waals surface area contributed by atoms with Crippen molar-refractivity contribution in [1.29, 1.82) is 0 Å². The minimum atomic E-state index is -1.10. The molecule has 0 atom stereocenters. The first-order valence-electron chi connectivity index (χ1n) is 10.8. The Morgan fingerprint density at radius 1 is 0.941 bits per heavy atom. The molecule has 0 aromatic heterocycles. The van der Waals surface area contributed by atoms with Gasteiger partial charge in [0.25, 0.3) is 0 Å². The molecule has 34 heavy (non-hydrogen) atoms. The monoisotopic (exact) mass is 463 g/mol. The van der Waals surface area contributed by atoms with Crippen molar-refractivity contribution in [2.45, 2.75) is 5.92 Å². The largest absolute Gasteiger partial charge is 0.489 e. The fourth-order valence-corrected chi connectivity index (χ4v) is 3.98. The second-order valence-electron chi connectivity index (χ2n) is 7.63. The number of rotatable bonds is 10. The van der Waals surface area contributed by atoms with E-state index in [0.29, 0.717) is 5.69 Å². The van der Waals surface area contributed by atoms with Gasteiger partial charge in [-0.05, 0) is 40.5 Å². The van der Waals surface area contributed by atoms with E-state index in [-0.39, 0.29) is 43.8 Å². The van der Waals surface area contributed by atoms with E-state index in [1.165, 1.54) is 25.3 Å². The van der Waals surface area contributed by atoms with Crippen molar-refractivity contribution < 1.29 is 33.6 Å². The molecule has 3 aromatic rings. The van der Waals surface area contributed by atoms with E-state index in [0.717, 1.165) is 22.3 Å². The normalized spacial score (nSPS) is 12.0. The highest BCUT2D eigenvalue weighted by atomic mass is 16.7. The van der Waals surface area contributed by atoms with Crippen molar-refractivity contribution in [3.05, 3.63) is 83.4 Å². The van der Waals surface area contributed by atoms with Crippen molar-refractivity contribution in [1.82, 2.24) is 0 Å². The van der Waals surface area contributed by atoms with E-state index in [9.17, 15) is 14.7 Å². The Morgan fingerprint density at radius 2 is 1.62 bits per heavy atom. The van der Waals surface area contributed by atoms with Gasteiger partial charge in [-0.3, -0.25) is 5.32 Å². The quantitative estimate of drug-likeness (QED) is 0.330. The van der Waals surface area contributed by atoms with Crippen molar-refractivity contribution in [3.8, 4) is 16.9 Å². The molecule has 1 aliphatic carbocycles. The SMILES string of the molecule is COCOCCOc1cc(C(=O)O)ccc1NC(=O)OCC1c2ccccc2-c2ccccc21. The van der Waals surface area contributed by atoms with E-state index in [4.69, 9.17) is 18.9 Å². The molecule has 1 amide bonds. The summed E-state index contributed by atoms with van der Waals surface area (Å²) >= 11 is 0. The molecule has 3 aromatic carbocycles. The molecule has 1 aliphatic rings. The topological polar surface area (TPSA) is 103 Å². The lowest BCUT2D eigenvalue weighted by molar-refractivity contribution is -0.0387. The average Bonchev–Trinajstić information content (AvgIpc) is 3.17. The summed E-state index contributed by atoms with van der Waals surface area (Å²) < 4.78 is 21.2. The molecule has 0 bridgehead atoms. The number of carboxylic acid groups (broad SMARTS) is 1. The zero-order chi connectivity index (χ0) is 23.9. The van der Waals surface area contributed by atoms with Crippen molar-refractivity contribution in [2.24, 2.45) is 0 Å². The van der Waals surface area contributed by atoms with E-state index >= 15 is 0 Å². The molecule has 0 radical (unpaired) electrons. The first-order valence-corrected chi connectivity index (χ1v) is 10.8. The zero-order valence-corrected chi connectivity index (χ0v) is 18.7. The van der Waals surface area contributed by atoms with Gasteiger partial charge in [0.15, 0.2) is 0 Å². The number of ether oxygens (including phenoxy) is 4.